The zero-order chi connectivity index (χ0) is 18.4. The first-order valence-electron chi connectivity index (χ1n) is 8.27. The van der Waals surface area contributed by atoms with Crippen molar-refractivity contribution in [2.45, 2.75) is 19.4 Å². The Bertz CT molecular complexity index is 858. The molecule has 0 aliphatic carbocycles. The number of methoxy groups -OCH3 is 2. The third kappa shape index (κ3) is 4.24. The van der Waals surface area contributed by atoms with E-state index in [1.165, 1.54) is 0 Å². The summed E-state index contributed by atoms with van der Waals surface area (Å²) in [5.74, 6) is 1.79. The van der Waals surface area contributed by atoms with E-state index >= 15 is 0 Å². The Morgan fingerprint density at radius 3 is 2.65 bits per heavy atom. The highest BCUT2D eigenvalue weighted by molar-refractivity contribution is 5.64. The third-order valence-electron chi connectivity index (χ3n) is 3.88. The predicted octanol–water partition coefficient (Wildman–Crippen LogP) is 2.99. The second kappa shape index (κ2) is 8.24. The summed E-state index contributed by atoms with van der Waals surface area (Å²) in [6, 6.07) is 9.73. The van der Waals surface area contributed by atoms with Gasteiger partial charge >= 0.3 is 0 Å². The second-order valence-corrected chi connectivity index (χ2v) is 5.85. The Hall–Kier alpha value is -3.22. The van der Waals surface area contributed by atoms with E-state index < -0.39 is 0 Å². The van der Waals surface area contributed by atoms with Gasteiger partial charge in [0.15, 0.2) is 11.5 Å². The first-order chi connectivity index (χ1) is 12.7. The number of rotatable bonds is 7. The van der Waals surface area contributed by atoms with Crippen LogP contribution in [-0.4, -0.2) is 40.4 Å². The smallest absolute Gasteiger partial charge is 0.243 e. The van der Waals surface area contributed by atoms with Gasteiger partial charge in [-0.15, -0.1) is 5.10 Å². The minimum atomic E-state index is 0.140. The fourth-order valence-corrected chi connectivity index (χ4v) is 2.64. The van der Waals surface area contributed by atoms with Crippen LogP contribution in [0.2, 0.25) is 0 Å². The molecule has 2 aromatic heterocycles. The molecular formula is C19H21N5O2. The summed E-state index contributed by atoms with van der Waals surface area (Å²) in [5.41, 5.74) is 2.73. The van der Waals surface area contributed by atoms with Crippen LogP contribution < -0.4 is 14.8 Å². The SMILES string of the molecule is COc1ccc(-c2cnnc(N[C@H](C)Cc3cccnc3)n2)cc1OC. The summed E-state index contributed by atoms with van der Waals surface area (Å²) in [7, 11) is 3.21. The zero-order valence-electron chi connectivity index (χ0n) is 15.0. The Balaban J connectivity index is 1.76. The van der Waals surface area contributed by atoms with Crippen LogP contribution in [0.3, 0.4) is 0 Å². The summed E-state index contributed by atoms with van der Waals surface area (Å²) >= 11 is 0. The lowest BCUT2D eigenvalue weighted by Gasteiger charge is -2.14. The number of benzene rings is 1. The fourth-order valence-electron chi connectivity index (χ4n) is 2.64. The number of hydrogen-bond acceptors (Lipinski definition) is 7. The highest BCUT2D eigenvalue weighted by Crippen LogP contribution is 2.31. The van der Waals surface area contributed by atoms with Gasteiger partial charge in [0, 0.05) is 24.0 Å². The summed E-state index contributed by atoms with van der Waals surface area (Å²) in [5, 5.41) is 11.4. The monoisotopic (exact) mass is 351 g/mol. The summed E-state index contributed by atoms with van der Waals surface area (Å²) in [6.45, 7) is 2.07. The number of anilines is 1. The molecule has 134 valence electrons. The lowest BCUT2D eigenvalue weighted by atomic mass is 10.1. The van der Waals surface area contributed by atoms with E-state index in [0.717, 1.165) is 17.5 Å². The molecule has 26 heavy (non-hydrogen) atoms. The molecule has 1 N–H and O–H groups in total. The second-order valence-electron chi connectivity index (χ2n) is 5.85. The van der Waals surface area contributed by atoms with Crippen molar-refractivity contribution < 1.29 is 9.47 Å². The molecule has 7 heteroatoms. The predicted molar refractivity (Wildman–Crippen MR) is 99.4 cm³/mol. The van der Waals surface area contributed by atoms with Crippen molar-refractivity contribution in [3.8, 4) is 22.8 Å². The van der Waals surface area contributed by atoms with Crippen LogP contribution in [0.15, 0.2) is 48.9 Å². The van der Waals surface area contributed by atoms with Gasteiger partial charge in [0.2, 0.25) is 5.95 Å². The molecule has 7 nitrogen and oxygen atoms in total. The van der Waals surface area contributed by atoms with Crippen molar-refractivity contribution in [1.29, 1.82) is 0 Å². The van der Waals surface area contributed by atoms with Gasteiger partial charge in [0.1, 0.15) is 0 Å². The van der Waals surface area contributed by atoms with E-state index in [-0.39, 0.29) is 6.04 Å². The Morgan fingerprint density at radius 2 is 1.92 bits per heavy atom. The Labute approximate surface area is 152 Å². The van der Waals surface area contributed by atoms with Crippen LogP contribution in [0, 0.1) is 0 Å². The van der Waals surface area contributed by atoms with Crippen LogP contribution in [0.1, 0.15) is 12.5 Å². The van der Waals surface area contributed by atoms with Crippen molar-refractivity contribution in [3.05, 3.63) is 54.5 Å². The van der Waals surface area contributed by atoms with E-state index in [2.05, 4.69) is 32.4 Å². The van der Waals surface area contributed by atoms with Crippen molar-refractivity contribution in [2.75, 3.05) is 19.5 Å². The van der Waals surface area contributed by atoms with Gasteiger partial charge < -0.3 is 14.8 Å². The largest absolute Gasteiger partial charge is 0.493 e. The Kier molecular flexibility index (Phi) is 5.58. The molecule has 0 spiro atoms. The first-order valence-corrected chi connectivity index (χ1v) is 8.27. The minimum Gasteiger partial charge on any atom is -0.493 e. The number of ether oxygens (including phenoxy) is 2. The lowest BCUT2D eigenvalue weighted by Crippen LogP contribution is -2.20. The average Bonchev–Trinajstić information content (AvgIpc) is 2.68. The van der Waals surface area contributed by atoms with Crippen LogP contribution in [0.4, 0.5) is 5.95 Å². The van der Waals surface area contributed by atoms with Crippen molar-refractivity contribution >= 4 is 5.95 Å². The number of aromatic nitrogens is 4. The summed E-state index contributed by atoms with van der Waals surface area (Å²) in [6.07, 6.45) is 6.06. The molecule has 3 rings (SSSR count). The van der Waals surface area contributed by atoms with Gasteiger partial charge in [0.25, 0.3) is 0 Å². The lowest BCUT2D eigenvalue weighted by molar-refractivity contribution is 0.355. The highest BCUT2D eigenvalue weighted by atomic mass is 16.5. The van der Waals surface area contributed by atoms with E-state index in [0.29, 0.717) is 23.1 Å². The molecule has 0 saturated heterocycles. The average molecular weight is 351 g/mol. The molecule has 0 fully saturated rings. The van der Waals surface area contributed by atoms with E-state index in [4.69, 9.17) is 9.47 Å². The van der Waals surface area contributed by atoms with Crippen molar-refractivity contribution in [3.63, 3.8) is 0 Å². The standard InChI is InChI=1S/C19H21N5O2/c1-13(9-14-5-4-8-20-11-14)22-19-23-16(12-21-24-19)15-6-7-17(25-2)18(10-15)26-3/h4-8,10-13H,9H2,1-3H3,(H,22,23,24)/t13-/m1/s1. The van der Waals surface area contributed by atoms with Crippen molar-refractivity contribution in [1.82, 2.24) is 20.2 Å². The molecule has 1 atom stereocenters. The minimum absolute atomic E-state index is 0.140. The molecule has 0 radical (unpaired) electrons. The van der Waals surface area contributed by atoms with Crippen LogP contribution in [0.5, 0.6) is 11.5 Å². The Morgan fingerprint density at radius 1 is 1.08 bits per heavy atom. The number of pyridine rings is 1. The maximum Gasteiger partial charge on any atom is 0.243 e. The third-order valence-corrected chi connectivity index (χ3v) is 3.88. The first kappa shape index (κ1) is 17.6. The van der Waals surface area contributed by atoms with Crippen LogP contribution >= 0.6 is 0 Å². The molecular weight excluding hydrogens is 330 g/mol. The highest BCUT2D eigenvalue weighted by Gasteiger charge is 2.10. The topological polar surface area (TPSA) is 82.1 Å². The van der Waals surface area contributed by atoms with Crippen LogP contribution in [0.25, 0.3) is 11.3 Å². The maximum atomic E-state index is 5.35. The van der Waals surface area contributed by atoms with Gasteiger partial charge in [-0.05, 0) is 43.2 Å². The normalized spacial score (nSPS) is 11.7. The zero-order valence-corrected chi connectivity index (χ0v) is 15.0. The number of nitrogens with zero attached hydrogens (tertiary/aromatic N) is 4. The van der Waals surface area contributed by atoms with Gasteiger partial charge in [0.05, 0.1) is 26.1 Å². The molecule has 0 unspecified atom stereocenters. The van der Waals surface area contributed by atoms with Crippen LogP contribution in [-0.2, 0) is 6.42 Å². The quantitative estimate of drug-likeness (QED) is 0.700. The molecule has 0 saturated carbocycles. The molecule has 0 amide bonds. The number of hydrogen-bond donors (Lipinski definition) is 1. The molecule has 3 aromatic rings. The molecule has 2 heterocycles. The molecule has 0 bridgehead atoms. The number of nitrogens with one attached hydrogen (secondary N) is 1. The van der Waals surface area contributed by atoms with Crippen molar-refractivity contribution in [2.24, 2.45) is 0 Å². The van der Waals surface area contributed by atoms with E-state index in [9.17, 15) is 0 Å². The summed E-state index contributed by atoms with van der Waals surface area (Å²) in [4.78, 5) is 8.69. The molecule has 0 aliphatic rings. The summed E-state index contributed by atoms with van der Waals surface area (Å²) < 4.78 is 10.6. The van der Waals surface area contributed by atoms with Gasteiger partial charge in [-0.2, -0.15) is 5.10 Å². The van der Waals surface area contributed by atoms with E-state index in [1.54, 1.807) is 26.6 Å². The molecule has 1 aromatic carbocycles. The van der Waals surface area contributed by atoms with E-state index in [1.807, 2.05) is 36.5 Å². The maximum absolute atomic E-state index is 5.35. The van der Waals surface area contributed by atoms with Gasteiger partial charge in [-0.25, -0.2) is 4.98 Å². The van der Waals surface area contributed by atoms with Gasteiger partial charge in [-0.1, -0.05) is 6.07 Å². The molecule has 0 aliphatic heterocycles. The fraction of sp³-hybridized carbons (Fsp3) is 0.263. The van der Waals surface area contributed by atoms with Gasteiger partial charge in [-0.3, -0.25) is 4.98 Å².